The minimum atomic E-state index is -0.652. The first-order valence-electron chi connectivity index (χ1n) is 11.5. The zero-order valence-electron chi connectivity index (χ0n) is 20.0. The van der Waals surface area contributed by atoms with Crippen molar-refractivity contribution in [1.82, 2.24) is 19.7 Å². The summed E-state index contributed by atoms with van der Waals surface area (Å²) in [4.78, 5) is 35.2. The number of nitrogens with one attached hydrogen (secondary N) is 3. The van der Waals surface area contributed by atoms with Crippen LogP contribution in [0.1, 0.15) is 52.2 Å². The molecule has 0 atom stereocenters. The number of nitrogens with two attached hydrogens (primary N) is 1. The van der Waals surface area contributed by atoms with E-state index in [1.54, 1.807) is 0 Å². The van der Waals surface area contributed by atoms with E-state index in [0.29, 0.717) is 17.2 Å². The van der Waals surface area contributed by atoms with E-state index in [1.807, 2.05) is 56.3 Å². The number of aryl methyl sites for hydroxylation is 1. The average molecular weight is 495 g/mol. The Balaban J connectivity index is 1.33. The van der Waals surface area contributed by atoms with Crippen molar-refractivity contribution in [2.45, 2.75) is 44.7 Å². The molecule has 1 aliphatic rings. The van der Waals surface area contributed by atoms with Gasteiger partial charge in [0.1, 0.15) is 10.8 Å². The number of carbonyl (C=O) groups excluding carboxylic acids is 2. The summed E-state index contributed by atoms with van der Waals surface area (Å²) < 4.78 is 4.23. The molecule has 2 aromatic heterocycles. The highest BCUT2D eigenvalue weighted by Gasteiger charge is 2.24. The van der Waals surface area contributed by atoms with Crippen molar-refractivity contribution in [1.29, 1.82) is 0 Å². The minimum absolute atomic E-state index is 0.0476. The van der Waals surface area contributed by atoms with Gasteiger partial charge < -0.3 is 26.6 Å². The molecule has 3 aromatic rings. The van der Waals surface area contributed by atoms with E-state index < -0.39 is 5.91 Å². The van der Waals surface area contributed by atoms with Crippen molar-refractivity contribution < 1.29 is 9.59 Å². The highest BCUT2D eigenvalue weighted by molar-refractivity contribution is 7.10. The smallest absolute Gasteiger partial charge is 0.271 e. The Labute approximate surface area is 208 Å². The van der Waals surface area contributed by atoms with Crippen molar-refractivity contribution in [2.75, 3.05) is 29.6 Å². The molecule has 0 unspecified atom stereocenters. The van der Waals surface area contributed by atoms with Gasteiger partial charge in [-0.1, -0.05) is 0 Å². The topological polar surface area (TPSA) is 138 Å². The zero-order chi connectivity index (χ0) is 24.9. The molecule has 1 fully saturated rings. The Morgan fingerprint density at radius 1 is 1.09 bits per heavy atom. The van der Waals surface area contributed by atoms with E-state index in [4.69, 9.17) is 5.73 Å². The van der Waals surface area contributed by atoms with E-state index in [9.17, 15) is 9.59 Å². The number of anilines is 4. The van der Waals surface area contributed by atoms with E-state index in [0.717, 1.165) is 42.1 Å². The van der Waals surface area contributed by atoms with Crippen molar-refractivity contribution in [3.05, 3.63) is 53.5 Å². The Hall–Kier alpha value is -3.73. The fraction of sp³-hybridized carbons (Fsp3) is 0.375. The summed E-state index contributed by atoms with van der Waals surface area (Å²) in [6.45, 7) is 1.89. The van der Waals surface area contributed by atoms with Crippen LogP contribution in [0.3, 0.4) is 0 Å². The van der Waals surface area contributed by atoms with Crippen LogP contribution < -0.4 is 26.6 Å². The standard InChI is InChI=1S/C24H30N8O2S/c1-14-12-20(35-31-14)30-23-21(22(25)33)26-13-19(29-23)27-16-6-8-17(9-7-16)28-24(34)15-4-10-18(11-5-15)32(2)3/h4-5,10-13,16-17H,6-9H2,1-3H3,(H2,25,33)(H,28,34)(H2,27,29,30)/t16-,17-. The van der Waals surface area contributed by atoms with Crippen LogP contribution in [0.25, 0.3) is 0 Å². The van der Waals surface area contributed by atoms with Gasteiger partial charge in [0.05, 0.1) is 11.9 Å². The normalized spacial score (nSPS) is 17.5. The molecule has 0 spiro atoms. The molecule has 35 heavy (non-hydrogen) atoms. The molecule has 1 saturated carbocycles. The molecule has 0 bridgehead atoms. The second-order valence-corrected chi connectivity index (χ2v) is 9.69. The van der Waals surface area contributed by atoms with Gasteiger partial charge in [0, 0.05) is 37.4 Å². The Morgan fingerprint density at radius 3 is 2.37 bits per heavy atom. The lowest BCUT2D eigenvalue weighted by Crippen LogP contribution is -2.40. The van der Waals surface area contributed by atoms with Gasteiger partial charge in [-0.15, -0.1) is 0 Å². The maximum Gasteiger partial charge on any atom is 0.271 e. The van der Waals surface area contributed by atoms with Gasteiger partial charge in [0.2, 0.25) is 0 Å². The van der Waals surface area contributed by atoms with Crippen LogP contribution >= 0.6 is 11.5 Å². The van der Waals surface area contributed by atoms with E-state index >= 15 is 0 Å². The van der Waals surface area contributed by atoms with Gasteiger partial charge in [-0.05, 0) is 74.5 Å². The fourth-order valence-corrected chi connectivity index (χ4v) is 4.70. The van der Waals surface area contributed by atoms with Crippen LogP contribution in [-0.2, 0) is 0 Å². The molecular formula is C24H30N8O2S. The van der Waals surface area contributed by atoms with Gasteiger partial charge in [0.25, 0.3) is 11.8 Å². The highest BCUT2D eigenvalue weighted by atomic mass is 32.1. The molecule has 184 valence electrons. The number of hydrogen-bond acceptors (Lipinski definition) is 9. The summed E-state index contributed by atoms with van der Waals surface area (Å²) in [6, 6.07) is 9.78. The van der Waals surface area contributed by atoms with Crippen LogP contribution in [0.15, 0.2) is 36.5 Å². The minimum Gasteiger partial charge on any atom is -0.378 e. The maximum atomic E-state index is 12.6. The molecule has 4 rings (SSSR count). The summed E-state index contributed by atoms with van der Waals surface area (Å²) in [5.74, 6) is 0.161. The molecule has 0 saturated heterocycles. The molecule has 10 nitrogen and oxygen atoms in total. The summed E-state index contributed by atoms with van der Waals surface area (Å²) in [5, 5.41) is 10.4. The van der Waals surface area contributed by atoms with Crippen LogP contribution in [-0.4, -0.2) is 52.3 Å². The van der Waals surface area contributed by atoms with Crippen LogP contribution in [0, 0.1) is 6.92 Å². The Kier molecular flexibility index (Phi) is 7.45. The lowest BCUT2D eigenvalue weighted by atomic mass is 9.91. The number of hydrogen-bond donors (Lipinski definition) is 4. The molecule has 0 aliphatic heterocycles. The third-order valence-corrected chi connectivity index (χ3v) is 6.73. The molecule has 2 heterocycles. The summed E-state index contributed by atoms with van der Waals surface area (Å²) in [6.07, 6.45) is 4.99. The van der Waals surface area contributed by atoms with Crippen molar-refractivity contribution in [3.63, 3.8) is 0 Å². The van der Waals surface area contributed by atoms with Gasteiger partial charge in [0.15, 0.2) is 11.5 Å². The van der Waals surface area contributed by atoms with Crippen LogP contribution in [0.5, 0.6) is 0 Å². The third kappa shape index (κ3) is 6.24. The third-order valence-electron chi connectivity index (χ3n) is 5.94. The van der Waals surface area contributed by atoms with Gasteiger partial charge in [-0.25, -0.2) is 9.97 Å². The quantitative estimate of drug-likeness (QED) is 0.374. The van der Waals surface area contributed by atoms with Gasteiger partial charge in [-0.3, -0.25) is 9.59 Å². The van der Waals surface area contributed by atoms with Crippen molar-refractivity contribution in [3.8, 4) is 0 Å². The largest absolute Gasteiger partial charge is 0.378 e. The number of amides is 2. The van der Waals surface area contributed by atoms with Crippen LogP contribution in [0.4, 0.5) is 22.3 Å². The number of aromatic nitrogens is 3. The fourth-order valence-electron chi connectivity index (χ4n) is 4.04. The summed E-state index contributed by atoms with van der Waals surface area (Å²) >= 11 is 1.27. The number of nitrogens with zero attached hydrogens (tertiary/aromatic N) is 4. The zero-order valence-corrected chi connectivity index (χ0v) is 20.9. The van der Waals surface area contributed by atoms with E-state index in [-0.39, 0.29) is 23.7 Å². The summed E-state index contributed by atoms with van der Waals surface area (Å²) in [5.41, 5.74) is 8.14. The molecule has 11 heteroatoms. The molecule has 2 amide bonds. The first-order chi connectivity index (χ1) is 16.8. The number of primary amides is 1. The van der Waals surface area contributed by atoms with Gasteiger partial charge in [-0.2, -0.15) is 4.37 Å². The first kappa shape index (κ1) is 24.4. The van der Waals surface area contributed by atoms with Crippen molar-refractivity contribution >= 4 is 45.7 Å². The number of carbonyl (C=O) groups is 2. The van der Waals surface area contributed by atoms with Crippen molar-refractivity contribution in [2.24, 2.45) is 5.73 Å². The first-order valence-corrected chi connectivity index (χ1v) is 12.3. The molecule has 1 aromatic carbocycles. The maximum absolute atomic E-state index is 12.6. The van der Waals surface area contributed by atoms with E-state index in [2.05, 4.69) is 30.3 Å². The molecule has 0 radical (unpaired) electrons. The molecule has 1 aliphatic carbocycles. The second-order valence-electron chi connectivity index (χ2n) is 8.88. The predicted octanol–water partition coefficient (Wildman–Crippen LogP) is 3.30. The number of rotatable bonds is 8. The summed E-state index contributed by atoms with van der Waals surface area (Å²) in [7, 11) is 3.94. The monoisotopic (exact) mass is 494 g/mol. The molecular weight excluding hydrogens is 464 g/mol. The van der Waals surface area contributed by atoms with E-state index in [1.165, 1.54) is 17.7 Å². The SMILES string of the molecule is Cc1cc(Nc2nc(N[C@H]3CC[C@H](NC(=O)c4ccc(N(C)C)cc4)CC3)cnc2C(N)=O)sn1. The van der Waals surface area contributed by atoms with Crippen LogP contribution in [0.2, 0.25) is 0 Å². The average Bonchev–Trinajstić information content (AvgIpc) is 3.24. The Morgan fingerprint density at radius 2 is 1.77 bits per heavy atom. The predicted molar refractivity (Wildman–Crippen MR) is 139 cm³/mol. The lowest BCUT2D eigenvalue weighted by Gasteiger charge is -2.30. The second kappa shape index (κ2) is 10.7. The van der Waals surface area contributed by atoms with Gasteiger partial charge >= 0.3 is 0 Å². The number of benzene rings is 1. The lowest BCUT2D eigenvalue weighted by molar-refractivity contribution is 0.0925. The molecule has 5 N–H and O–H groups in total. The highest BCUT2D eigenvalue weighted by Crippen LogP contribution is 2.26. The Bertz CT molecular complexity index is 1190.